The molecule has 1 aromatic carbocycles. The van der Waals surface area contributed by atoms with Crippen molar-refractivity contribution in [2.45, 2.75) is 38.3 Å². The van der Waals surface area contributed by atoms with Crippen molar-refractivity contribution >= 4 is 44.5 Å². The summed E-state index contributed by atoms with van der Waals surface area (Å²) in [5.74, 6) is 0.741. The molecule has 2 atom stereocenters. The summed E-state index contributed by atoms with van der Waals surface area (Å²) in [5.41, 5.74) is 3.39. The number of anilines is 2. The van der Waals surface area contributed by atoms with Gasteiger partial charge in [-0.2, -0.15) is 14.9 Å². The fraction of sp³-hybridized carbons (Fsp3) is 0.452. The van der Waals surface area contributed by atoms with Crippen molar-refractivity contribution in [2.75, 3.05) is 58.4 Å². The summed E-state index contributed by atoms with van der Waals surface area (Å²) in [5, 5.41) is 16.6. The van der Waals surface area contributed by atoms with E-state index in [1.807, 2.05) is 28.4 Å². The number of hydrogen-bond acceptors (Lipinski definition) is 11. The third kappa shape index (κ3) is 5.37. The molecular weight excluding hydrogens is 614 g/mol. The number of nitrogens with zero attached hydrogens (tertiary/aromatic N) is 9. The van der Waals surface area contributed by atoms with E-state index in [-0.39, 0.29) is 23.8 Å². The number of carbonyl (C=O) groups is 1. The molecule has 3 aliphatic rings. The quantitative estimate of drug-likeness (QED) is 0.274. The van der Waals surface area contributed by atoms with E-state index in [1.54, 1.807) is 23.5 Å². The van der Waals surface area contributed by atoms with Gasteiger partial charge in [0.05, 0.1) is 37.5 Å². The summed E-state index contributed by atoms with van der Waals surface area (Å²) < 4.78 is 20.9. The molecule has 0 aliphatic carbocycles. The first-order valence-corrected chi connectivity index (χ1v) is 16.8. The number of halogens is 1. The maximum atomic E-state index is 13.6. The molecule has 234 valence electrons. The van der Waals surface area contributed by atoms with E-state index in [9.17, 15) is 14.4 Å². The highest BCUT2D eigenvalue weighted by Gasteiger charge is 2.43. The molecule has 0 saturated carbocycles. The van der Waals surface area contributed by atoms with Gasteiger partial charge in [0.25, 0.3) is 0 Å². The second kappa shape index (κ2) is 12.1. The molecule has 3 aliphatic heterocycles. The molecule has 0 bridgehead atoms. The average molecular weight is 648 g/mol. The highest BCUT2D eigenvalue weighted by Crippen LogP contribution is 2.46. The molecule has 7 rings (SSSR count). The van der Waals surface area contributed by atoms with Gasteiger partial charge in [0.15, 0.2) is 10.9 Å². The van der Waals surface area contributed by atoms with E-state index in [1.165, 1.54) is 29.2 Å². The second-order valence-corrected chi connectivity index (χ2v) is 13.5. The van der Waals surface area contributed by atoms with Crippen LogP contribution < -0.4 is 4.90 Å². The normalized spacial score (nSPS) is 19.8. The minimum absolute atomic E-state index is 0.114. The lowest BCUT2D eigenvalue weighted by atomic mass is 10.1. The number of amides is 1. The average Bonchev–Trinajstić information content (AvgIpc) is 3.87. The number of nitriles is 1. The van der Waals surface area contributed by atoms with Gasteiger partial charge in [0.1, 0.15) is 27.5 Å². The van der Waals surface area contributed by atoms with E-state index in [0.717, 1.165) is 40.9 Å². The van der Waals surface area contributed by atoms with E-state index in [0.29, 0.717) is 60.5 Å². The Kier molecular flexibility index (Phi) is 8.03. The van der Waals surface area contributed by atoms with Crippen LogP contribution in [0.1, 0.15) is 41.3 Å². The van der Waals surface area contributed by atoms with Gasteiger partial charge in [-0.15, -0.1) is 0 Å². The van der Waals surface area contributed by atoms with Crippen LogP contribution in [0.2, 0.25) is 0 Å². The molecule has 2 fully saturated rings. The van der Waals surface area contributed by atoms with Crippen molar-refractivity contribution < 1.29 is 13.9 Å². The number of morpholine rings is 1. The van der Waals surface area contributed by atoms with Crippen molar-refractivity contribution in [3.63, 3.8) is 0 Å². The maximum Gasteiger partial charge on any atom is 0.236 e. The number of imidazole rings is 1. The first-order valence-electron chi connectivity index (χ1n) is 15.2. The third-order valence-electron chi connectivity index (χ3n) is 8.81. The Labute approximate surface area is 268 Å². The van der Waals surface area contributed by atoms with Crippen molar-refractivity contribution in [1.29, 1.82) is 5.26 Å². The Balaban J connectivity index is 1.16. The highest BCUT2D eigenvalue weighted by molar-refractivity contribution is 7.17. The van der Waals surface area contributed by atoms with Gasteiger partial charge in [0, 0.05) is 37.9 Å². The molecule has 3 aromatic heterocycles. The van der Waals surface area contributed by atoms with Gasteiger partial charge in [-0.05, 0) is 50.6 Å². The predicted molar refractivity (Wildman–Crippen MR) is 171 cm³/mol. The zero-order valence-corrected chi connectivity index (χ0v) is 27.1. The number of aromatic nitrogens is 4. The number of allylic oxidation sites excluding steroid dienone is 1. The molecule has 1 amide bonds. The summed E-state index contributed by atoms with van der Waals surface area (Å²) >= 11 is 2.89. The van der Waals surface area contributed by atoms with Crippen LogP contribution in [0.25, 0.3) is 16.2 Å². The lowest BCUT2D eigenvalue weighted by molar-refractivity contribution is -0.137. The lowest BCUT2D eigenvalue weighted by Gasteiger charge is -2.34. The highest BCUT2D eigenvalue weighted by atomic mass is 32.1. The first-order chi connectivity index (χ1) is 21.9. The lowest BCUT2D eigenvalue weighted by Crippen LogP contribution is -2.49. The number of carbonyl (C=O) groups excluding carboxylic acids is 1. The van der Waals surface area contributed by atoms with Gasteiger partial charge >= 0.3 is 0 Å². The number of fused-ring (bicyclic) bond motifs is 2. The van der Waals surface area contributed by atoms with Crippen molar-refractivity contribution in [1.82, 2.24) is 34.3 Å². The molecule has 6 heterocycles. The maximum absolute atomic E-state index is 13.6. The van der Waals surface area contributed by atoms with Crippen LogP contribution in [-0.2, 0) is 16.0 Å². The zero-order chi connectivity index (χ0) is 31.2. The van der Waals surface area contributed by atoms with Crippen LogP contribution in [0.4, 0.5) is 15.3 Å². The molecule has 0 radical (unpaired) electrons. The van der Waals surface area contributed by atoms with Gasteiger partial charge < -0.3 is 19.4 Å². The summed E-state index contributed by atoms with van der Waals surface area (Å²) in [7, 11) is 3.96. The molecule has 0 N–H and O–H groups in total. The zero-order valence-electron chi connectivity index (χ0n) is 25.4. The number of aryl methyl sites for hydroxylation is 1. The molecule has 45 heavy (non-hydrogen) atoms. The van der Waals surface area contributed by atoms with Crippen molar-refractivity contribution in [3.8, 4) is 17.3 Å². The summed E-state index contributed by atoms with van der Waals surface area (Å²) in [6.45, 7) is 5.86. The second-order valence-electron chi connectivity index (χ2n) is 11.5. The van der Waals surface area contributed by atoms with Crippen LogP contribution in [0.5, 0.6) is 0 Å². The monoisotopic (exact) mass is 647 g/mol. The van der Waals surface area contributed by atoms with Gasteiger partial charge in [-0.3, -0.25) is 9.69 Å². The fourth-order valence-corrected chi connectivity index (χ4v) is 8.41. The van der Waals surface area contributed by atoms with Crippen LogP contribution in [-0.4, -0.2) is 99.8 Å². The smallest absolute Gasteiger partial charge is 0.236 e. The molecule has 1 unspecified atom stereocenters. The van der Waals surface area contributed by atoms with Gasteiger partial charge in [-0.1, -0.05) is 35.7 Å². The van der Waals surface area contributed by atoms with Gasteiger partial charge in [0.2, 0.25) is 10.9 Å². The number of benzene rings is 1. The minimum Gasteiger partial charge on any atom is -0.378 e. The van der Waals surface area contributed by atoms with E-state index in [4.69, 9.17) is 19.8 Å². The largest absolute Gasteiger partial charge is 0.378 e. The van der Waals surface area contributed by atoms with Crippen LogP contribution in [0.3, 0.4) is 0 Å². The molecular formula is C31H34FN9O2S2. The van der Waals surface area contributed by atoms with Crippen LogP contribution in [0.15, 0.2) is 36.0 Å². The number of ether oxygens (including phenoxy) is 1. The third-order valence-corrected chi connectivity index (χ3v) is 10.9. The predicted octanol–water partition coefficient (Wildman–Crippen LogP) is 4.45. The Morgan fingerprint density at radius 3 is 2.67 bits per heavy atom. The number of hydrogen-bond donors (Lipinski definition) is 0. The standard InChI is InChI=1S/C31H34FN9O2S2/c1-4-22-29(38(3)30-35-27(24(17-33)44-30)19-7-9-20(32)10-8-19)41-31(34-22)45-28(36-41)21-16-25(40-11-5-6-23(21)40)37(2)18-26(42)39-12-14-43-15-13-39/h6-10,21,25H,4-5,11-16,18H2,1-3H3/t21-,25?/m0/s1. The number of thiazole rings is 1. The Hall–Kier alpha value is -3.90. The first kappa shape index (κ1) is 29.8. The molecule has 11 nitrogen and oxygen atoms in total. The molecule has 2 saturated heterocycles. The minimum atomic E-state index is -0.336. The molecule has 0 spiro atoms. The van der Waals surface area contributed by atoms with E-state index >= 15 is 0 Å². The molecule has 4 aromatic rings. The Bertz CT molecular complexity index is 1800. The Morgan fingerprint density at radius 1 is 1.16 bits per heavy atom. The van der Waals surface area contributed by atoms with Crippen LogP contribution >= 0.6 is 22.7 Å². The van der Waals surface area contributed by atoms with Crippen molar-refractivity contribution in [2.24, 2.45) is 0 Å². The summed E-state index contributed by atoms with van der Waals surface area (Å²) in [6.07, 6.45) is 4.96. The van der Waals surface area contributed by atoms with E-state index < -0.39 is 0 Å². The van der Waals surface area contributed by atoms with Crippen LogP contribution in [0, 0.1) is 17.1 Å². The van der Waals surface area contributed by atoms with E-state index in [2.05, 4.69) is 28.9 Å². The molecule has 14 heteroatoms. The fourth-order valence-electron chi connectivity index (χ4n) is 6.53. The summed E-state index contributed by atoms with van der Waals surface area (Å²) in [4.78, 5) is 32.5. The topological polar surface area (TPSA) is 106 Å². The number of rotatable bonds is 8. The Morgan fingerprint density at radius 2 is 1.93 bits per heavy atom. The van der Waals surface area contributed by atoms with Crippen molar-refractivity contribution in [3.05, 3.63) is 57.4 Å². The summed E-state index contributed by atoms with van der Waals surface area (Å²) in [6, 6.07) is 8.29. The number of likely N-dealkylation sites (N-methyl/N-ethyl adjacent to an activating group) is 1. The SMILES string of the molecule is CCc1nc2sc([C@H]3CC(N(C)CC(=O)N4CCOCC4)N4CCC=C34)nn2c1N(C)c1nc(-c2ccc(F)cc2)c(C#N)s1. The van der Waals surface area contributed by atoms with Gasteiger partial charge in [-0.25, -0.2) is 14.4 Å².